The van der Waals surface area contributed by atoms with Gasteiger partial charge in [0.25, 0.3) is 0 Å². The summed E-state index contributed by atoms with van der Waals surface area (Å²) in [4.78, 5) is 11.0. The van der Waals surface area contributed by atoms with Crippen molar-refractivity contribution in [2.45, 2.75) is 59.4 Å². The average Bonchev–Trinajstić information content (AvgIpc) is 2.18. The molecule has 1 rings (SSSR count). The second-order valence-electron chi connectivity index (χ2n) is 4.58. The molecule has 0 amide bonds. The molecule has 0 spiro atoms. The van der Waals surface area contributed by atoms with Crippen LogP contribution in [0.2, 0.25) is 0 Å². The van der Waals surface area contributed by atoms with Crippen molar-refractivity contribution in [3.05, 3.63) is 0 Å². The van der Waals surface area contributed by atoms with Gasteiger partial charge in [-0.1, -0.05) is 20.8 Å². The number of rotatable bonds is 2. The number of ether oxygens (including phenoxy) is 2. The van der Waals surface area contributed by atoms with Crippen molar-refractivity contribution in [3.8, 4) is 0 Å². The first-order valence-electron chi connectivity index (χ1n) is 5.80. The molecule has 0 aliphatic carbocycles. The van der Waals surface area contributed by atoms with Crippen LogP contribution in [0.15, 0.2) is 0 Å². The van der Waals surface area contributed by atoms with Gasteiger partial charge >= 0.3 is 5.97 Å². The van der Waals surface area contributed by atoms with Gasteiger partial charge in [0.1, 0.15) is 6.10 Å². The zero-order valence-electron chi connectivity index (χ0n) is 10.3. The van der Waals surface area contributed by atoms with Crippen molar-refractivity contribution in [3.63, 3.8) is 0 Å². The molecule has 0 aromatic heterocycles. The normalized spacial score (nSPS) is 41.3. The number of esters is 1. The van der Waals surface area contributed by atoms with Gasteiger partial charge in [-0.25, -0.2) is 0 Å². The highest BCUT2D eigenvalue weighted by Gasteiger charge is 2.40. The maximum atomic E-state index is 11.0. The molecule has 0 radical (unpaired) electrons. The fraction of sp³-hybridized carbons (Fsp3) is 0.917. The molecule has 1 heterocycles. The topological polar surface area (TPSA) is 35.5 Å². The molecule has 1 saturated heterocycles. The Morgan fingerprint density at radius 1 is 1.27 bits per heavy atom. The molecular weight excluding hydrogens is 192 g/mol. The molecule has 1 fully saturated rings. The number of carbonyl (C=O) groups is 1. The molecule has 0 bridgehead atoms. The molecule has 1 aliphatic rings. The zero-order valence-corrected chi connectivity index (χ0v) is 10.3. The van der Waals surface area contributed by atoms with Gasteiger partial charge in [0, 0.05) is 12.8 Å². The van der Waals surface area contributed by atoms with Gasteiger partial charge in [0.05, 0.1) is 12.2 Å². The fourth-order valence-electron chi connectivity index (χ4n) is 2.41. The predicted molar refractivity (Wildman–Crippen MR) is 58.5 cm³/mol. The van der Waals surface area contributed by atoms with Crippen LogP contribution < -0.4 is 0 Å². The molecule has 88 valence electrons. The Morgan fingerprint density at radius 2 is 1.87 bits per heavy atom. The lowest BCUT2D eigenvalue weighted by Crippen LogP contribution is -2.49. The highest BCUT2D eigenvalue weighted by Crippen LogP contribution is 2.33. The van der Waals surface area contributed by atoms with Crippen LogP contribution >= 0.6 is 0 Å². The van der Waals surface area contributed by atoms with E-state index in [4.69, 9.17) is 9.47 Å². The maximum Gasteiger partial charge on any atom is 0.303 e. The van der Waals surface area contributed by atoms with Crippen LogP contribution in [0.5, 0.6) is 0 Å². The van der Waals surface area contributed by atoms with E-state index < -0.39 is 0 Å². The lowest BCUT2D eigenvalue weighted by molar-refractivity contribution is -0.190. The van der Waals surface area contributed by atoms with E-state index in [1.807, 2.05) is 6.92 Å². The zero-order chi connectivity index (χ0) is 11.6. The first kappa shape index (κ1) is 12.5. The van der Waals surface area contributed by atoms with E-state index in [1.54, 1.807) is 0 Å². The molecule has 0 saturated carbocycles. The summed E-state index contributed by atoms with van der Waals surface area (Å²) < 4.78 is 11.2. The summed E-state index contributed by atoms with van der Waals surface area (Å²) in [5.74, 6) is 0.586. The maximum absolute atomic E-state index is 11.0. The first-order valence-corrected chi connectivity index (χ1v) is 5.80. The van der Waals surface area contributed by atoms with Crippen molar-refractivity contribution in [2.24, 2.45) is 11.8 Å². The predicted octanol–water partition coefficient (Wildman–Crippen LogP) is 2.39. The van der Waals surface area contributed by atoms with Gasteiger partial charge in [0.15, 0.2) is 0 Å². The van der Waals surface area contributed by atoms with Crippen LogP contribution in [0.1, 0.15) is 41.0 Å². The minimum atomic E-state index is -0.218. The summed E-state index contributed by atoms with van der Waals surface area (Å²) in [7, 11) is 0. The Kier molecular flexibility index (Phi) is 4.14. The first-order chi connectivity index (χ1) is 6.97. The molecule has 15 heavy (non-hydrogen) atoms. The third-order valence-electron chi connectivity index (χ3n) is 3.49. The van der Waals surface area contributed by atoms with Crippen LogP contribution in [0, 0.1) is 11.8 Å². The molecule has 1 aliphatic heterocycles. The van der Waals surface area contributed by atoms with Gasteiger partial charge < -0.3 is 9.47 Å². The molecule has 0 aromatic rings. The number of hydrogen-bond acceptors (Lipinski definition) is 3. The minimum absolute atomic E-state index is 0.00468. The monoisotopic (exact) mass is 214 g/mol. The Hall–Kier alpha value is -0.570. The van der Waals surface area contributed by atoms with Crippen LogP contribution in [0.4, 0.5) is 0 Å². The van der Waals surface area contributed by atoms with E-state index in [9.17, 15) is 4.79 Å². The van der Waals surface area contributed by atoms with Crippen LogP contribution in [0.25, 0.3) is 0 Å². The van der Waals surface area contributed by atoms with E-state index in [0.29, 0.717) is 17.9 Å². The van der Waals surface area contributed by atoms with Gasteiger partial charge in [0.2, 0.25) is 0 Å². The summed E-state index contributed by atoms with van der Waals surface area (Å²) in [5, 5.41) is 0. The van der Waals surface area contributed by atoms with Crippen molar-refractivity contribution >= 4 is 5.97 Å². The smallest absolute Gasteiger partial charge is 0.303 e. The SMILES string of the molecule is CCC1OC(C)C(OC(C)=O)C(C)C1C. The highest BCUT2D eigenvalue weighted by atomic mass is 16.6. The fourth-order valence-corrected chi connectivity index (χ4v) is 2.41. The van der Waals surface area contributed by atoms with E-state index in [2.05, 4.69) is 20.8 Å². The van der Waals surface area contributed by atoms with Crippen molar-refractivity contribution in [1.29, 1.82) is 0 Å². The van der Waals surface area contributed by atoms with Crippen LogP contribution in [-0.2, 0) is 14.3 Å². The summed E-state index contributed by atoms with van der Waals surface area (Å²) >= 11 is 0. The average molecular weight is 214 g/mol. The van der Waals surface area contributed by atoms with E-state index in [1.165, 1.54) is 6.92 Å². The largest absolute Gasteiger partial charge is 0.460 e. The molecule has 3 nitrogen and oxygen atoms in total. The van der Waals surface area contributed by atoms with E-state index in [0.717, 1.165) is 6.42 Å². The van der Waals surface area contributed by atoms with Gasteiger partial charge in [-0.3, -0.25) is 4.79 Å². The molecule has 0 N–H and O–H groups in total. The van der Waals surface area contributed by atoms with Crippen molar-refractivity contribution in [2.75, 3.05) is 0 Å². The molecular formula is C12H22O3. The minimum Gasteiger partial charge on any atom is -0.460 e. The Labute approximate surface area is 92.1 Å². The summed E-state index contributed by atoms with van der Waals surface area (Å²) in [5.41, 5.74) is 0. The highest BCUT2D eigenvalue weighted by molar-refractivity contribution is 5.66. The van der Waals surface area contributed by atoms with Crippen LogP contribution in [0.3, 0.4) is 0 Å². The Balaban J connectivity index is 2.70. The Bertz CT molecular complexity index is 227. The Morgan fingerprint density at radius 3 is 2.33 bits per heavy atom. The van der Waals surface area contributed by atoms with Gasteiger partial charge in [-0.15, -0.1) is 0 Å². The molecule has 5 atom stereocenters. The standard InChI is InChI=1S/C12H22O3/c1-6-11-7(2)8(3)12(9(4)14-11)15-10(5)13/h7-9,11-12H,6H2,1-5H3. The second kappa shape index (κ2) is 4.97. The summed E-state index contributed by atoms with van der Waals surface area (Å²) in [6.07, 6.45) is 1.22. The van der Waals surface area contributed by atoms with E-state index in [-0.39, 0.29) is 18.2 Å². The third kappa shape index (κ3) is 2.71. The van der Waals surface area contributed by atoms with Crippen LogP contribution in [-0.4, -0.2) is 24.3 Å². The lowest BCUT2D eigenvalue weighted by atomic mass is 9.81. The second-order valence-corrected chi connectivity index (χ2v) is 4.58. The summed E-state index contributed by atoms with van der Waals surface area (Å²) in [6.45, 7) is 9.88. The van der Waals surface area contributed by atoms with Crippen molar-refractivity contribution in [1.82, 2.24) is 0 Å². The quantitative estimate of drug-likeness (QED) is 0.662. The van der Waals surface area contributed by atoms with Crippen molar-refractivity contribution < 1.29 is 14.3 Å². The third-order valence-corrected chi connectivity index (χ3v) is 3.49. The number of hydrogen-bond donors (Lipinski definition) is 0. The molecule has 0 aromatic carbocycles. The van der Waals surface area contributed by atoms with Gasteiger partial charge in [-0.05, 0) is 19.3 Å². The lowest BCUT2D eigenvalue weighted by Gasteiger charge is -2.42. The molecule has 3 heteroatoms. The number of carbonyl (C=O) groups excluding carboxylic acids is 1. The summed E-state index contributed by atoms with van der Waals surface area (Å²) in [6, 6.07) is 0. The van der Waals surface area contributed by atoms with E-state index >= 15 is 0 Å². The van der Waals surface area contributed by atoms with Gasteiger partial charge in [-0.2, -0.15) is 0 Å². The molecule has 5 unspecified atom stereocenters.